The minimum absolute atomic E-state index is 0. The third-order valence-electron chi connectivity index (χ3n) is 3.98. The van der Waals surface area contributed by atoms with Crippen LogP contribution in [0.25, 0.3) is 0 Å². The summed E-state index contributed by atoms with van der Waals surface area (Å²) in [5, 5.41) is 10.2. The molecule has 0 saturated carbocycles. The van der Waals surface area contributed by atoms with Crippen LogP contribution in [-0.2, 0) is 4.79 Å². The zero-order chi connectivity index (χ0) is 14.9. The van der Waals surface area contributed by atoms with Crippen LogP contribution >= 0.6 is 0 Å². The normalized spacial score (nSPS) is 9.86. The van der Waals surface area contributed by atoms with E-state index in [1.807, 2.05) is 0 Å². The van der Waals surface area contributed by atoms with Crippen molar-refractivity contribution in [2.75, 3.05) is 0 Å². The van der Waals surface area contributed by atoms with Crippen molar-refractivity contribution in [3.63, 3.8) is 0 Å². The number of rotatable bonds is 16. The molecule has 120 valence electrons. The van der Waals surface area contributed by atoms with Gasteiger partial charge in [-0.2, -0.15) is 0 Å². The van der Waals surface area contributed by atoms with Crippen molar-refractivity contribution >= 4 is 52.1 Å². The molecule has 0 unspecified atom stereocenters. The van der Waals surface area contributed by atoms with Gasteiger partial charge in [-0.3, -0.25) is 0 Å². The van der Waals surface area contributed by atoms with E-state index in [1.54, 1.807) is 0 Å². The summed E-state index contributed by atoms with van der Waals surface area (Å²) < 4.78 is 0. The maximum atomic E-state index is 10.2. The third-order valence-corrected chi connectivity index (χ3v) is 3.98. The Hall–Kier alpha value is 1.00. The summed E-state index contributed by atoms with van der Waals surface area (Å²) in [4.78, 5) is 10.2. The minimum atomic E-state index is -0.903. The molecular weight excluding hydrogens is 297 g/mol. The first-order chi connectivity index (χ1) is 9.77. The van der Waals surface area contributed by atoms with Crippen LogP contribution in [0.5, 0.6) is 0 Å². The topological polar surface area (TPSA) is 40.1 Å². The molecule has 0 spiro atoms. The third kappa shape index (κ3) is 25.9. The molecule has 0 saturated heterocycles. The zero-order valence-corrected chi connectivity index (χ0v) is 17.9. The van der Waals surface area contributed by atoms with Gasteiger partial charge >= 0.3 is 46.1 Å². The molecule has 0 aliphatic carbocycles. The Labute approximate surface area is 170 Å². The number of carboxylic acid groups (broad SMARTS) is 1. The van der Waals surface area contributed by atoms with Crippen molar-refractivity contribution in [1.82, 2.24) is 0 Å². The summed E-state index contributed by atoms with van der Waals surface area (Å²) in [7, 11) is 0. The summed E-state index contributed by atoms with van der Waals surface area (Å²) in [5.41, 5.74) is 0. The van der Waals surface area contributed by atoms with Gasteiger partial charge in [-0.05, 0) is 12.8 Å². The Bertz CT molecular complexity index is 211. The summed E-state index contributed by atoms with van der Waals surface area (Å²) >= 11 is 0. The van der Waals surface area contributed by atoms with Gasteiger partial charge in [-0.15, -0.1) is 0 Å². The Balaban J connectivity index is -0.00000180. The van der Waals surface area contributed by atoms with Crippen LogP contribution in [0.3, 0.4) is 0 Å². The molecule has 0 amide bonds. The summed E-state index contributed by atoms with van der Waals surface area (Å²) in [6.45, 7) is 2.27. The van der Waals surface area contributed by atoms with Gasteiger partial charge < -0.3 is 9.90 Å². The fraction of sp³-hybridized carbons (Fsp3) is 0.944. The van der Waals surface area contributed by atoms with Crippen molar-refractivity contribution in [2.24, 2.45) is 0 Å². The number of hydrogen-bond acceptors (Lipinski definition) is 2. The Morgan fingerprint density at radius 3 is 1.14 bits per heavy atom. The molecule has 0 rings (SSSR count). The summed E-state index contributed by atoms with van der Waals surface area (Å²) in [5.74, 6) is -0.903. The first kappa shape index (κ1) is 27.8. The van der Waals surface area contributed by atoms with Crippen LogP contribution in [0.1, 0.15) is 110 Å². The van der Waals surface area contributed by atoms with E-state index in [-0.39, 0.29) is 52.5 Å². The SMILES string of the molecule is CCCCCCCCCCCCCCCCCC(=O)[O-].[Mg+2].[Mg+2]. The zero-order valence-electron chi connectivity index (χ0n) is 15.0. The molecule has 0 bridgehead atoms. The fourth-order valence-electron chi connectivity index (χ4n) is 2.64. The smallest absolute Gasteiger partial charge is 0.550 e. The molecule has 4 heteroatoms. The molecule has 0 atom stereocenters. The minimum Gasteiger partial charge on any atom is -0.550 e. The van der Waals surface area contributed by atoms with Gasteiger partial charge in [0.05, 0.1) is 0 Å². The van der Waals surface area contributed by atoms with Crippen LogP contribution in [0.2, 0.25) is 0 Å². The summed E-state index contributed by atoms with van der Waals surface area (Å²) in [6, 6.07) is 0. The molecule has 0 fully saturated rings. The maximum Gasteiger partial charge on any atom is 2.00 e. The standard InChI is InChI=1S/C18H36O2.2Mg/c1-2-3-4-5-6-7-8-9-10-11-12-13-14-15-16-17-18(19)20;;/h2-17H2,1H3,(H,19,20);;/q;2*+2/p-1. The number of carboxylic acids is 1. The first-order valence-corrected chi connectivity index (χ1v) is 8.97. The van der Waals surface area contributed by atoms with Crippen molar-refractivity contribution in [1.29, 1.82) is 0 Å². The second-order valence-corrected chi connectivity index (χ2v) is 6.07. The predicted molar refractivity (Wildman–Crippen MR) is 96.1 cm³/mol. The van der Waals surface area contributed by atoms with Crippen LogP contribution in [0, 0.1) is 0 Å². The van der Waals surface area contributed by atoms with Gasteiger partial charge in [-0.1, -0.05) is 96.8 Å². The summed E-state index contributed by atoms with van der Waals surface area (Å²) in [6.07, 6.45) is 19.9. The molecule has 22 heavy (non-hydrogen) atoms. The van der Waals surface area contributed by atoms with Crippen molar-refractivity contribution in [2.45, 2.75) is 110 Å². The number of carbonyl (C=O) groups excluding carboxylic acids is 1. The quantitative estimate of drug-likeness (QED) is 0.313. The van der Waals surface area contributed by atoms with E-state index >= 15 is 0 Å². The van der Waals surface area contributed by atoms with Gasteiger partial charge in [0.15, 0.2) is 0 Å². The molecule has 0 heterocycles. The van der Waals surface area contributed by atoms with Gasteiger partial charge in [0.1, 0.15) is 0 Å². The molecule has 2 nitrogen and oxygen atoms in total. The number of aliphatic carboxylic acids is 1. The van der Waals surface area contributed by atoms with Crippen LogP contribution in [0.15, 0.2) is 0 Å². The van der Waals surface area contributed by atoms with Gasteiger partial charge in [-0.25, -0.2) is 0 Å². The fourth-order valence-corrected chi connectivity index (χ4v) is 2.64. The second-order valence-electron chi connectivity index (χ2n) is 6.07. The molecule has 0 aliphatic heterocycles. The van der Waals surface area contributed by atoms with Gasteiger partial charge in [0.25, 0.3) is 0 Å². The van der Waals surface area contributed by atoms with Crippen molar-refractivity contribution in [3.05, 3.63) is 0 Å². The number of unbranched alkanes of at least 4 members (excludes halogenated alkanes) is 14. The second kappa shape index (κ2) is 24.3. The Morgan fingerprint density at radius 1 is 0.591 bits per heavy atom. The van der Waals surface area contributed by atoms with Crippen LogP contribution < -0.4 is 5.11 Å². The number of carbonyl (C=O) groups is 1. The van der Waals surface area contributed by atoms with E-state index < -0.39 is 5.97 Å². The van der Waals surface area contributed by atoms with E-state index in [4.69, 9.17) is 0 Å². The average Bonchev–Trinajstić information content (AvgIpc) is 2.43. The maximum absolute atomic E-state index is 10.2. The first-order valence-electron chi connectivity index (χ1n) is 8.97. The molecule has 0 radical (unpaired) electrons. The molecule has 0 N–H and O–H groups in total. The van der Waals surface area contributed by atoms with Crippen molar-refractivity contribution in [3.8, 4) is 0 Å². The Kier molecular flexibility index (Phi) is 30.7. The predicted octanol–water partition coefficient (Wildman–Crippen LogP) is 4.24. The van der Waals surface area contributed by atoms with E-state index in [1.165, 1.54) is 83.5 Å². The van der Waals surface area contributed by atoms with Gasteiger partial charge in [0.2, 0.25) is 0 Å². The van der Waals surface area contributed by atoms with Crippen LogP contribution in [-0.4, -0.2) is 52.1 Å². The van der Waals surface area contributed by atoms with Gasteiger partial charge in [0, 0.05) is 5.97 Å². The molecule has 0 aliphatic rings. The number of hydrogen-bond donors (Lipinski definition) is 0. The Morgan fingerprint density at radius 2 is 0.864 bits per heavy atom. The molecule has 0 aromatic rings. The van der Waals surface area contributed by atoms with E-state index in [9.17, 15) is 9.90 Å². The average molecular weight is 332 g/mol. The molecule has 0 aromatic heterocycles. The van der Waals surface area contributed by atoms with E-state index in [0.29, 0.717) is 0 Å². The van der Waals surface area contributed by atoms with Crippen molar-refractivity contribution < 1.29 is 9.90 Å². The van der Waals surface area contributed by atoms with Crippen LogP contribution in [0.4, 0.5) is 0 Å². The molecule has 0 aromatic carbocycles. The molecular formula is C18H35Mg2O2+3. The monoisotopic (exact) mass is 331 g/mol. The van der Waals surface area contributed by atoms with E-state index in [0.717, 1.165) is 12.8 Å². The largest absolute Gasteiger partial charge is 2.00 e. The van der Waals surface area contributed by atoms with E-state index in [2.05, 4.69) is 6.92 Å².